The standard InChI is InChI=1S/C27H24N4O6/c1-36-22-9-4-18(5-10-22)26-29-23-11-6-20(16-24(23)37-26)28-25(32)17-12-14-30(15-13-17)27(33)19-2-7-21(8-3-19)31(34)35/h2-11,16-17H,12-15H2,1H3,(H,28,32). The van der Waals surface area contributed by atoms with Gasteiger partial charge in [0.2, 0.25) is 11.8 Å². The van der Waals surface area contributed by atoms with Crippen molar-refractivity contribution in [3.63, 3.8) is 0 Å². The van der Waals surface area contributed by atoms with Crippen molar-refractivity contribution in [2.45, 2.75) is 12.8 Å². The fraction of sp³-hybridized carbons (Fsp3) is 0.222. The summed E-state index contributed by atoms with van der Waals surface area (Å²) in [4.78, 5) is 42.2. The van der Waals surface area contributed by atoms with Crippen LogP contribution in [0.4, 0.5) is 11.4 Å². The van der Waals surface area contributed by atoms with Crippen molar-refractivity contribution in [2.24, 2.45) is 5.92 Å². The Labute approximate surface area is 212 Å². The highest BCUT2D eigenvalue weighted by Crippen LogP contribution is 2.28. The number of carbonyl (C=O) groups excluding carboxylic acids is 2. The maximum atomic E-state index is 12.9. The molecule has 2 heterocycles. The number of nitrogens with one attached hydrogen (secondary N) is 1. The van der Waals surface area contributed by atoms with Gasteiger partial charge in [0.15, 0.2) is 5.58 Å². The first-order valence-electron chi connectivity index (χ1n) is 11.8. The molecule has 0 unspecified atom stereocenters. The SMILES string of the molecule is COc1ccc(-c2nc3ccc(NC(=O)C4CCN(C(=O)c5ccc([N+](=O)[O-])cc5)CC4)cc3o2)cc1. The number of carbonyl (C=O) groups is 2. The first-order valence-corrected chi connectivity index (χ1v) is 11.8. The molecule has 0 aliphatic carbocycles. The van der Waals surface area contributed by atoms with E-state index in [0.29, 0.717) is 54.2 Å². The normalized spacial score (nSPS) is 13.9. The van der Waals surface area contributed by atoms with Crippen molar-refractivity contribution in [3.8, 4) is 17.2 Å². The Kier molecular flexibility index (Phi) is 6.55. The van der Waals surface area contributed by atoms with E-state index in [1.807, 2.05) is 24.3 Å². The molecular formula is C27H24N4O6. The molecule has 1 aliphatic rings. The molecule has 1 N–H and O–H groups in total. The lowest BCUT2D eigenvalue weighted by Gasteiger charge is -2.31. The van der Waals surface area contributed by atoms with Crippen LogP contribution in [0, 0.1) is 16.0 Å². The number of hydrogen-bond donors (Lipinski definition) is 1. The number of anilines is 1. The molecule has 1 aliphatic heterocycles. The summed E-state index contributed by atoms with van der Waals surface area (Å²) in [5.74, 6) is 0.674. The van der Waals surface area contributed by atoms with Crippen LogP contribution in [0.3, 0.4) is 0 Å². The van der Waals surface area contributed by atoms with Gasteiger partial charge >= 0.3 is 0 Å². The molecule has 10 nitrogen and oxygen atoms in total. The molecule has 1 saturated heterocycles. The zero-order valence-electron chi connectivity index (χ0n) is 20.0. The van der Waals surface area contributed by atoms with Crippen molar-refractivity contribution >= 4 is 34.3 Å². The van der Waals surface area contributed by atoms with Gasteiger partial charge < -0.3 is 19.4 Å². The molecule has 188 valence electrons. The van der Waals surface area contributed by atoms with E-state index in [9.17, 15) is 19.7 Å². The van der Waals surface area contributed by atoms with Gasteiger partial charge in [0.05, 0.1) is 12.0 Å². The van der Waals surface area contributed by atoms with E-state index in [4.69, 9.17) is 9.15 Å². The number of oxazole rings is 1. The van der Waals surface area contributed by atoms with Crippen LogP contribution in [-0.2, 0) is 4.79 Å². The fourth-order valence-corrected chi connectivity index (χ4v) is 4.36. The minimum atomic E-state index is -0.502. The Morgan fingerprint density at radius 2 is 1.76 bits per heavy atom. The van der Waals surface area contributed by atoms with Crippen LogP contribution >= 0.6 is 0 Å². The summed E-state index contributed by atoms with van der Waals surface area (Å²) >= 11 is 0. The molecule has 0 bridgehead atoms. The molecule has 10 heteroatoms. The molecule has 4 aromatic rings. The number of ether oxygens (including phenoxy) is 1. The number of methoxy groups -OCH3 is 1. The number of hydrogen-bond acceptors (Lipinski definition) is 7. The summed E-state index contributed by atoms with van der Waals surface area (Å²) in [6, 6.07) is 18.3. The molecule has 0 spiro atoms. The van der Waals surface area contributed by atoms with Gasteiger partial charge in [-0.1, -0.05) is 0 Å². The topological polar surface area (TPSA) is 128 Å². The average Bonchev–Trinajstić information content (AvgIpc) is 3.36. The van der Waals surface area contributed by atoms with Crippen molar-refractivity contribution in [2.75, 3.05) is 25.5 Å². The van der Waals surface area contributed by atoms with Crippen LogP contribution in [0.15, 0.2) is 71.1 Å². The Bertz CT molecular complexity index is 1450. The van der Waals surface area contributed by atoms with E-state index in [2.05, 4.69) is 10.3 Å². The summed E-state index contributed by atoms with van der Waals surface area (Å²) in [5.41, 5.74) is 3.00. The van der Waals surface area contributed by atoms with Crippen molar-refractivity contribution in [1.82, 2.24) is 9.88 Å². The van der Waals surface area contributed by atoms with Gasteiger partial charge in [-0.15, -0.1) is 0 Å². The smallest absolute Gasteiger partial charge is 0.269 e. The zero-order chi connectivity index (χ0) is 25.9. The molecule has 1 aromatic heterocycles. The number of aromatic nitrogens is 1. The van der Waals surface area contributed by atoms with Gasteiger partial charge in [-0.2, -0.15) is 0 Å². The van der Waals surface area contributed by atoms with Crippen molar-refractivity contribution in [3.05, 3.63) is 82.4 Å². The van der Waals surface area contributed by atoms with Crippen LogP contribution in [-0.4, -0.2) is 46.8 Å². The number of likely N-dealkylation sites (tertiary alicyclic amines) is 1. The van der Waals surface area contributed by atoms with Gasteiger partial charge in [0.1, 0.15) is 11.3 Å². The van der Waals surface area contributed by atoms with E-state index in [1.54, 1.807) is 30.2 Å². The summed E-state index contributed by atoms with van der Waals surface area (Å²) in [6.45, 7) is 0.862. The minimum absolute atomic E-state index is 0.0626. The first kappa shape index (κ1) is 24.0. The van der Waals surface area contributed by atoms with E-state index in [1.165, 1.54) is 24.3 Å². The molecule has 0 radical (unpaired) electrons. The molecule has 37 heavy (non-hydrogen) atoms. The summed E-state index contributed by atoms with van der Waals surface area (Å²) in [7, 11) is 1.61. The lowest BCUT2D eigenvalue weighted by Crippen LogP contribution is -2.41. The van der Waals surface area contributed by atoms with Gasteiger partial charge in [0, 0.05) is 54.0 Å². The number of piperidine rings is 1. The molecular weight excluding hydrogens is 476 g/mol. The van der Waals surface area contributed by atoms with Crippen LogP contribution in [0.5, 0.6) is 5.75 Å². The highest BCUT2D eigenvalue weighted by atomic mass is 16.6. The number of amides is 2. The number of nitrogens with zero attached hydrogens (tertiary/aromatic N) is 3. The van der Waals surface area contributed by atoms with Crippen LogP contribution in [0.25, 0.3) is 22.6 Å². The van der Waals surface area contributed by atoms with Gasteiger partial charge in [-0.25, -0.2) is 4.98 Å². The summed E-state index contributed by atoms with van der Waals surface area (Å²) in [6.07, 6.45) is 1.05. The number of fused-ring (bicyclic) bond motifs is 1. The third-order valence-electron chi connectivity index (χ3n) is 6.47. The van der Waals surface area contributed by atoms with E-state index in [-0.39, 0.29) is 23.4 Å². The largest absolute Gasteiger partial charge is 0.497 e. The summed E-state index contributed by atoms with van der Waals surface area (Å²) < 4.78 is 11.1. The molecule has 5 rings (SSSR count). The Hall–Kier alpha value is -4.73. The number of benzene rings is 3. The predicted octanol–water partition coefficient (Wildman–Crippen LogP) is 4.90. The van der Waals surface area contributed by atoms with Gasteiger partial charge in [-0.05, 0) is 61.4 Å². The number of nitro benzene ring substituents is 1. The molecule has 1 fully saturated rings. The van der Waals surface area contributed by atoms with Crippen LogP contribution < -0.4 is 10.1 Å². The Balaban J connectivity index is 1.19. The maximum absolute atomic E-state index is 12.9. The number of nitro groups is 1. The average molecular weight is 501 g/mol. The third-order valence-corrected chi connectivity index (χ3v) is 6.47. The lowest BCUT2D eigenvalue weighted by molar-refractivity contribution is -0.384. The molecule has 0 atom stereocenters. The highest BCUT2D eigenvalue weighted by molar-refractivity contribution is 5.96. The van der Waals surface area contributed by atoms with E-state index < -0.39 is 4.92 Å². The second kappa shape index (κ2) is 10.1. The zero-order valence-corrected chi connectivity index (χ0v) is 20.0. The lowest BCUT2D eigenvalue weighted by atomic mass is 9.95. The fourth-order valence-electron chi connectivity index (χ4n) is 4.36. The van der Waals surface area contributed by atoms with Crippen molar-refractivity contribution < 1.29 is 23.7 Å². The second-order valence-electron chi connectivity index (χ2n) is 8.79. The van der Waals surface area contributed by atoms with Crippen LogP contribution in [0.1, 0.15) is 23.2 Å². The Morgan fingerprint density at radius 1 is 1.05 bits per heavy atom. The quantitative estimate of drug-likeness (QED) is 0.294. The Morgan fingerprint density at radius 3 is 2.41 bits per heavy atom. The molecule has 3 aromatic carbocycles. The van der Waals surface area contributed by atoms with Crippen molar-refractivity contribution in [1.29, 1.82) is 0 Å². The molecule has 2 amide bonds. The number of non-ortho nitro benzene ring substituents is 1. The number of rotatable bonds is 6. The molecule has 0 saturated carbocycles. The maximum Gasteiger partial charge on any atom is 0.269 e. The predicted molar refractivity (Wildman–Crippen MR) is 136 cm³/mol. The first-order chi connectivity index (χ1) is 17.9. The van der Waals surface area contributed by atoms with Gasteiger partial charge in [0.25, 0.3) is 11.6 Å². The third kappa shape index (κ3) is 5.13. The minimum Gasteiger partial charge on any atom is -0.497 e. The monoisotopic (exact) mass is 500 g/mol. The van der Waals surface area contributed by atoms with Gasteiger partial charge in [-0.3, -0.25) is 19.7 Å². The summed E-state index contributed by atoms with van der Waals surface area (Å²) in [5, 5.41) is 13.8. The van der Waals surface area contributed by atoms with E-state index >= 15 is 0 Å². The highest BCUT2D eigenvalue weighted by Gasteiger charge is 2.28. The van der Waals surface area contributed by atoms with E-state index in [0.717, 1.165) is 11.3 Å². The van der Waals surface area contributed by atoms with Crippen LogP contribution in [0.2, 0.25) is 0 Å². The second-order valence-corrected chi connectivity index (χ2v) is 8.79.